The average molecular weight is 322 g/mol. The minimum atomic E-state index is -0.729. The monoisotopic (exact) mass is 322 g/mol. The summed E-state index contributed by atoms with van der Waals surface area (Å²) in [5.41, 5.74) is 0.738. The first-order valence-electron chi connectivity index (χ1n) is 7.98. The molecule has 2 N–H and O–H groups in total. The zero-order chi connectivity index (χ0) is 15.7. The largest absolute Gasteiger partial charge is 0.481 e. The lowest BCUT2D eigenvalue weighted by molar-refractivity contribution is -0.144. The van der Waals surface area contributed by atoms with Gasteiger partial charge in [0.05, 0.1) is 11.5 Å². The van der Waals surface area contributed by atoms with E-state index in [1.807, 2.05) is 12.3 Å². The lowest BCUT2D eigenvalue weighted by Gasteiger charge is -2.42. The Morgan fingerprint density at radius 1 is 1.27 bits per heavy atom. The van der Waals surface area contributed by atoms with E-state index < -0.39 is 5.97 Å². The third kappa shape index (κ3) is 2.89. The van der Waals surface area contributed by atoms with E-state index in [9.17, 15) is 9.59 Å². The van der Waals surface area contributed by atoms with Crippen LogP contribution in [-0.4, -0.2) is 22.0 Å². The molecule has 1 aromatic heterocycles. The van der Waals surface area contributed by atoms with Crippen LogP contribution in [0, 0.1) is 18.8 Å². The second-order valence-electron chi connectivity index (χ2n) is 6.61. The Labute approximate surface area is 134 Å². The number of hydrogen-bond acceptors (Lipinski definition) is 4. The van der Waals surface area contributed by atoms with Crippen molar-refractivity contribution in [3.63, 3.8) is 0 Å². The molecule has 2 aliphatic rings. The molecule has 120 valence electrons. The van der Waals surface area contributed by atoms with Gasteiger partial charge in [0.15, 0.2) is 0 Å². The van der Waals surface area contributed by atoms with Gasteiger partial charge in [-0.25, -0.2) is 4.98 Å². The topological polar surface area (TPSA) is 79.3 Å². The minimum Gasteiger partial charge on any atom is -0.481 e. The van der Waals surface area contributed by atoms with Gasteiger partial charge in [-0.15, -0.1) is 11.3 Å². The zero-order valence-corrected chi connectivity index (χ0v) is 13.6. The first-order chi connectivity index (χ1) is 10.5. The van der Waals surface area contributed by atoms with Gasteiger partial charge < -0.3 is 10.4 Å². The summed E-state index contributed by atoms with van der Waals surface area (Å²) in [6, 6.07) is 0. The molecule has 1 aromatic rings. The van der Waals surface area contributed by atoms with Crippen molar-refractivity contribution in [1.29, 1.82) is 0 Å². The van der Waals surface area contributed by atoms with Crippen LogP contribution in [0.4, 0.5) is 0 Å². The molecule has 0 aliphatic heterocycles. The van der Waals surface area contributed by atoms with Crippen LogP contribution in [0.15, 0.2) is 5.38 Å². The minimum absolute atomic E-state index is 0.0471. The first kappa shape index (κ1) is 15.5. The molecule has 0 unspecified atom stereocenters. The van der Waals surface area contributed by atoms with Crippen LogP contribution in [0.25, 0.3) is 0 Å². The summed E-state index contributed by atoms with van der Waals surface area (Å²) in [7, 11) is 0. The van der Waals surface area contributed by atoms with E-state index >= 15 is 0 Å². The molecular weight excluding hydrogens is 300 g/mol. The first-order valence-corrected chi connectivity index (χ1v) is 8.85. The average Bonchev–Trinajstić information content (AvgIpc) is 2.89. The van der Waals surface area contributed by atoms with E-state index in [1.54, 1.807) is 11.3 Å². The molecule has 22 heavy (non-hydrogen) atoms. The molecule has 0 aromatic carbocycles. The molecule has 6 heteroatoms. The van der Waals surface area contributed by atoms with Crippen molar-refractivity contribution in [1.82, 2.24) is 10.3 Å². The van der Waals surface area contributed by atoms with Crippen molar-refractivity contribution in [2.75, 3.05) is 0 Å². The molecule has 5 nitrogen and oxygen atoms in total. The Morgan fingerprint density at radius 3 is 2.36 bits per heavy atom. The highest BCUT2D eigenvalue weighted by atomic mass is 32.1. The van der Waals surface area contributed by atoms with Crippen LogP contribution in [0.5, 0.6) is 0 Å². The van der Waals surface area contributed by atoms with E-state index in [1.165, 1.54) is 0 Å². The van der Waals surface area contributed by atoms with Gasteiger partial charge in [-0.3, -0.25) is 9.59 Å². The van der Waals surface area contributed by atoms with Crippen LogP contribution in [0.2, 0.25) is 0 Å². The molecule has 0 bridgehead atoms. The highest BCUT2D eigenvalue weighted by molar-refractivity contribution is 7.09. The van der Waals surface area contributed by atoms with E-state index in [2.05, 4.69) is 10.3 Å². The molecule has 0 saturated heterocycles. The highest BCUT2D eigenvalue weighted by Gasteiger charge is 2.44. The maximum absolute atomic E-state index is 12.6. The van der Waals surface area contributed by atoms with Crippen molar-refractivity contribution in [3.8, 4) is 0 Å². The number of nitrogens with zero attached hydrogens (tertiary/aromatic N) is 1. The molecule has 2 fully saturated rings. The van der Waals surface area contributed by atoms with E-state index in [-0.39, 0.29) is 23.3 Å². The van der Waals surface area contributed by atoms with Crippen molar-refractivity contribution < 1.29 is 14.7 Å². The summed E-state index contributed by atoms with van der Waals surface area (Å²) < 4.78 is 0. The van der Waals surface area contributed by atoms with Crippen LogP contribution in [-0.2, 0) is 15.1 Å². The Bertz CT molecular complexity index is 572. The Morgan fingerprint density at radius 2 is 1.91 bits per heavy atom. The maximum atomic E-state index is 12.6. The SMILES string of the molecule is Cc1csc(C2(NC(=O)C3CCC(C(=O)O)CC3)CCC2)n1. The number of aliphatic carboxylic acids is 1. The van der Waals surface area contributed by atoms with Gasteiger partial charge in [0.2, 0.25) is 5.91 Å². The van der Waals surface area contributed by atoms with Crippen LogP contribution >= 0.6 is 11.3 Å². The maximum Gasteiger partial charge on any atom is 0.306 e. The summed E-state index contributed by atoms with van der Waals surface area (Å²) >= 11 is 1.62. The summed E-state index contributed by atoms with van der Waals surface area (Å²) in [4.78, 5) is 28.1. The van der Waals surface area contributed by atoms with Gasteiger partial charge in [-0.05, 0) is 51.9 Å². The van der Waals surface area contributed by atoms with Crippen LogP contribution in [0.1, 0.15) is 55.6 Å². The normalized spacial score (nSPS) is 27.0. The number of aromatic nitrogens is 1. The molecule has 1 amide bonds. The zero-order valence-electron chi connectivity index (χ0n) is 12.8. The molecule has 0 spiro atoms. The standard InChI is InChI=1S/C16H22N2O3S/c1-10-9-22-15(17-10)16(7-2-8-16)18-13(19)11-3-5-12(6-4-11)14(20)21/h9,11-12H,2-8H2,1H3,(H,18,19)(H,20,21). The summed E-state index contributed by atoms with van der Waals surface area (Å²) in [5.74, 6) is -0.971. The van der Waals surface area contributed by atoms with Gasteiger partial charge in [0.25, 0.3) is 0 Å². The molecule has 2 saturated carbocycles. The van der Waals surface area contributed by atoms with Crippen molar-refractivity contribution in [2.24, 2.45) is 11.8 Å². The van der Waals surface area contributed by atoms with Crippen molar-refractivity contribution in [2.45, 2.75) is 57.4 Å². The quantitative estimate of drug-likeness (QED) is 0.893. The molecular formula is C16H22N2O3S. The van der Waals surface area contributed by atoms with Gasteiger partial charge >= 0.3 is 5.97 Å². The number of aryl methyl sites for hydroxylation is 1. The number of amides is 1. The summed E-state index contributed by atoms with van der Waals surface area (Å²) in [5, 5.41) is 15.3. The lowest BCUT2D eigenvalue weighted by Crippen LogP contribution is -2.52. The van der Waals surface area contributed by atoms with Crippen molar-refractivity contribution >= 4 is 23.2 Å². The number of hydrogen-bond donors (Lipinski definition) is 2. The number of thiazole rings is 1. The fourth-order valence-corrected chi connectivity index (χ4v) is 4.45. The van der Waals surface area contributed by atoms with E-state index in [0.717, 1.165) is 30.0 Å². The summed E-state index contributed by atoms with van der Waals surface area (Å²) in [6.07, 6.45) is 5.59. The Hall–Kier alpha value is -1.43. The number of carbonyl (C=O) groups is 2. The predicted octanol–water partition coefficient (Wildman–Crippen LogP) is 2.84. The highest BCUT2D eigenvalue weighted by Crippen LogP contribution is 2.43. The van der Waals surface area contributed by atoms with Crippen LogP contribution < -0.4 is 5.32 Å². The van der Waals surface area contributed by atoms with Crippen molar-refractivity contribution in [3.05, 3.63) is 16.1 Å². The number of carboxylic acids is 1. The number of carboxylic acid groups (broad SMARTS) is 1. The fourth-order valence-electron chi connectivity index (χ4n) is 3.44. The lowest BCUT2D eigenvalue weighted by atomic mass is 9.75. The Balaban J connectivity index is 1.63. The van der Waals surface area contributed by atoms with Gasteiger partial charge in [0, 0.05) is 17.0 Å². The van der Waals surface area contributed by atoms with Crippen LogP contribution in [0.3, 0.4) is 0 Å². The fraction of sp³-hybridized carbons (Fsp3) is 0.688. The van der Waals surface area contributed by atoms with E-state index in [0.29, 0.717) is 25.7 Å². The number of rotatable bonds is 4. The van der Waals surface area contributed by atoms with Gasteiger partial charge in [-0.2, -0.15) is 0 Å². The second kappa shape index (κ2) is 5.99. The number of carbonyl (C=O) groups excluding carboxylic acids is 1. The van der Waals surface area contributed by atoms with E-state index in [4.69, 9.17) is 5.11 Å². The molecule has 1 heterocycles. The molecule has 3 rings (SSSR count). The third-order valence-corrected chi connectivity index (χ3v) is 6.21. The summed E-state index contributed by atoms with van der Waals surface area (Å²) in [6.45, 7) is 1.97. The molecule has 0 atom stereocenters. The predicted molar refractivity (Wildman–Crippen MR) is 83.6 cm³/mol. The van der Waals surface area contributed by atoms with Gasteiger partial charge in [0.1, 0.15) is 5.01 Å². The molecule has 0 radical (unpaired) electrons. The third-order valence-electron chi connectivity index (χ3n) is 5.05. The number of nitrogens with one attached hydrogen (secondary N) is 1. The Kier molecular flexibility index (Phi) is 4.21. The second-order valence-corrected chi connectivity index (χ2v) is 7.46. The smallest absolute Gasteiger partial charge is 0.306 e. The molecule has 2 aliphatic carbocycles. The van der Waals surface area contributed by atoms with Gasteiger partial charge in [-0.1, -0.05) is 0 Å².